The fourth-order valence-electron chi connectivity index (χ4n) is 6.42. The van der Waals surface area contributed by atoms with Crippen molar-refractivity contribution in [2.75, 3.05) is 13.1 Å². The first kappa shape index (κ1) is 20.1. The Balaban J connectivity index is 1.08. The van der Waals surface area contributed by atoms with Crippen LogP contribution >= 0.6 is 0 Å². The van der Waals surface area contributed by atoms with E-state index in [4.69, 9.17) is 4.74 Å². The molecular formula is C25H31N3O4. The number of para-hydroxylation sites is 1. The minimum atomic E-state index is -0.681. The summed E-state index contributed by atoms with van der Waals surface area (Å²) in [4.78, 5) is 40.2. The van der Waals surface area contributed by atoms with Crippen molar-refractivity contribution >= 4 is 17.7 Å². The molecule has 2 aliphatic heterocycles. The maximum absolute atomic E-state index is 13.2. The standard InChI is InChI=1S/C25H31N3O4/c29-22(26-18-9-11-28(12-10-18)24(31)15-5-6-15)20-13-17-8-7-16(20)14-25(17)27-23(30)19-3-1-2-4-21(19)32-25/h1-4,15-18,20H,5-14H2,(H,26,29)(H,27,30)/t16-,17-,20+,25-/m1/s1. The molecule has 6 aliphatic rings. The Labute approximate surface area is 188 Å². The van der Waals surface area contributed by atoms with Crippen LogP contribution in [0.4, 0.5) is 0 Å². The van der Waals surface area contributed by atoms with Gasteiger partial charge in [-0.05, 0) is 63.0 Å². The summed E-state index contributed by atoms with van der Waals surface area (Å²) in [7, 11) is 0. The van der Waals surface area contributed by atoms with Crippen molar-refractivity contribution in [3.63, 3.8) is 0 Å². The fraction of sp³-hybridized carbons (Fsp3) is 0.640. The molecule has 1 spiro atoms. The summed E-state index contributed by atoms with van der Waals surface area (Å²) in [5.74, 6) is 1.61. The molecule has 2 heterocycles. The molecule has 4 saturated carbocycles. The monoisotopic (exact) mass is 437 g/mol. The number of carbonyl (C=O) groups excluding carboxylic acids is 3. The third-order valence-electron chi connectivity index (χ3n) is 8.38. The van der Waals surface area contributed by atoms with E-state index in [-0.39, 0.29) is 41.5 Å². The highest BCUT2D eigenvalue weighted by Crippen LogP contribution is 2.52. The number of likely N-dealkylation sites (tertiary alicyclic amines) is 1. The van der Waals surface area contributed by atoms with Gasteiger partial charge in [0.1, 0.15) is 5.75 Å². The Kier molecular flexibility index (Phi) is 4.70. The zero-order valence-electron chi connectivity index (χ0n) is 18.3. The lowest BCUT2D eigenvalue weighted by Gasteiger charge is -2.55. The molecule has 2 bridgehead atoms. The van der Waals surface area contributed by atoms with Crippen molar-refractivity contribution in [3.8, 4) is 5.75 Å². The molecule has 0 radical (unpaired) electrons. The third-order valence-corrected chi connectivity index (χ3v) is 8.38. The largest absolute Gasteiger partial charge is 0.467 e. The number of piperidine rings is 1. The van der Waals surface area contributed by atoms with Crippen LogP contribution in [0.5, 0.6) is 5.75 Å². The van der Waals surface area contributed by atoms with E-state index in [2.05, 4.69) is 10.6 Å². The molecule has 0 unspecified atom stereocenters. The van der Waals surface area contributed by atoms with Crippen LogP contribution in [0.3, 0.4) is 0 Å². The molecule has 1 aromatic carbocycles. The predicted molar refractivity (Wildman–Crippen MR) is 117 cm³/mol. The summed E-state index contributed by atoms with van der Waals surface area (Å²) in [5, 5.41) is 6.45. The van der Waals surface area contributed by atoms with Crippen LogP contribution in [0.25, 0.3) is 0 Å². The van der Waals surface area contributed by atoms with Gasteiger partial charge in [-0.25, -0.2) is 0 Å². The van der Waals surface area contributed by atoms with Crippen molar-refractivity contribution in [2.24, 2.45) is 23.7 Å². The van der Waals surface area contributed by atoms with Gasteiger partial charge in [0.15, 0.2) is 5.72 Å². The number of ether oxygens (including phenoxy) is 1. The van der Waals surface area contributed by atoms with E-state index in [1.54, 1.807) is 6.07 Å². The molecule has 2 N–H and O–H groups in total. The van der Waals surface area contributed by atoms with Crippen molar-refractivity contribution < 1.29 is 19.1 Å². The molecule has 1 aromatic rings. The summed E-state index contributed by atoms with van der Waals surface area (Å²) >= 11 is 0. The van der Waals surface area contributed by atoms with Crippen LogP contribution in [-0.4, -0.2) is 47.5 Å². The SMILES string of the molecule is O=C1N[C@]2(C[C@H]3CC[C@@H]2C[C@@H]3C(=O)NC2CCN(C(=O)C3CC3)CC2)Oc2ccccc21. The van der Waals surface area contributed by atoms with Crippen LogP contribution in [0, 0.1) is 23.7 Å². The molecule has 5 fully saturated rings. The van der Waals surface area contributed by atoms with Gasteiger partial charge >= 0.3 is 0 Å². The second kappa shape index (κ2) is 7.49. The Morgan fingerprint density at radius 2 is 1.84 bits per heavy atom. The van der Waals surface area contributed by atoms with Gasteiger partial charge in [0.25, 0.3) is 5.91 Å². The van der Waals surface area contributed by atoms with E-state index in [9.17, 15) is 14.4 Å². The number of nitrogens with one attached hydrogen (secondary N) is 2. The average Bonchev–Trinajstić information content (AvgIpc) is 3.65. The van der Waals surface area contributed by atoms with Crippen molar-refractivity contribution in [1.82, 2.24) is 15.5 Å². The highest BCUT2D eigenvalue weighted by Gasteiger charge is 2.57. The minimum Gasteiger partial charge on any atom is -0.467 e. The maximum Gasteiger partial charge on any atom is 0.258 e. The summed E-state index contributed by atoms with van der Waals surface area (Å²) in [6.45, 7) is 1.50. The molecule has 4 aliphatic carbocycles. The van der Waals surface area contributed by atoms with Gasteiger partial charge in [-0.3, -0.25) is 14.4 Å². The van der Waals surface area contributed by atoms with E-state index in [0.717, 1.165) is 58.0 Å². The number of hydrogen-bond donors (Lipinski definition) is 2. The number of benzene rings is 1. The fourth-order valence-corrected chi connectivity index (χ4v) is 6.42. The zero-order valence-corrected chi connectivity index (χ0v) is 18.3. The van der Waals surface area contributed by atoms with E-state index >= 15 is 0 Å². The lowest BCUT2D eigenvalue weighted by atomic mass is 9.60. The maximum atomic E-state index is 13.2. The molecule has 3 amide bonds. The van der Waals surface area contributed by atoms with Crippen LogP contribution in [0.1, 0.15) is 61.7 Å². The highest BCUT2D eigenvalue weighted by atomic mass is 16.5. The Morgan fingerprint density at radius 3 is 2.56 bits per heavy atom. The molecular weight excluding hydrogens is 406 g/mol. The Hall–Kier alpha value is -2.57. The van der Waals surface area contributed by atoms with Gasteiger partial charge in [0, 0.05) is 43.3 Å². The molecule has 7 heteroatoms. The first-order valence-corrected chi connectivity index (χ1v) is 12.2. The summed E-state index contributed by atoms with van der Waals surface area (Å²) in [5.41, 5.74) is -0.0972. The van der Waals surface area contributed by atoms with Gasteiger partial charge in [-0.15, -0.1) is 0 Å². The molecule has 32 heavy (non-hydrogen) atoms. The van der Waals surface area contributed by atoms with Crippen LogP contribution in [0.15, 0.2) is 24.3 Å². The number of carbonyl (C=O) groups is 3. The lowest BCUT2D eigenvalue weighted by Crippen LogP contribution is -2.67. The van der Waals surface area contributed by atoms with Crippen molar-refractivity contribution in [3.05, 3.63) is 29.8 Å². The highest BCUT2D eigenvalue weighted by molar-refractivity contribution is 5.98. The quantitative estimate of drug-likeness (QED) is 0.761. The van der Waals surface area contributed by atoms with Gasteiger partial charge in [-0.2, -0.15) is 0 Å². The van der Waals surface area contributed by atoms with E-state index < -0.39 is 5.72 Å². The summed E-state index contributed by atoms with van der Waals surface area (Å²) in [6, 6.07) is 7.55. The van der Waals surface area contributed by atoms with Gasteiger partial charge in [-0.1, -0.05) is 12.1 Å². The number of fused-ring (bicyclic) bond motifs is 3. The van der Waals surface area contributed by atoms with Crippen molar-refractivity contribution in [2.45, 2.75) is 63.1 Å². The normalized spacial score (nSPS) is 33.9. The van der Waals surface area contributed by atoms with E-state index in [1.165, 1.54) is 0 Å². The number of rotatable bonds is 3. The first-order chi connectivity index (χ1) is 15.5. The van der Waals surface area contributed by atoms with Gasteiger partial charge in [0.2, 0.25) is 11.8 Å². The number of amides is 3. The Bertz CT molecular complexity index is 952. The molecule has 0 aromatic heterocycles. The number of nitrogens with zero attached hydrogens (tertiary/aromatic N) is 1. The van der Waals surface area contributed by atoms with Crippen LogP contribution in [-0.2, 0) is 9.59 Å². The van der Waals surface area contributed by atoms with Gasteiger partial charge < -0.3 is 20.3 Å². The molecule has 1 saturated heterocycles. The number of hydrogen-bond acceptors (Lipinski definition) is 4. The minimum absolute atomic E-state index is 0.0248. The molecule has 7 nitrogen and oxygen atoms in total. The molecule has 170 valence electrons. The van der Waals surface area contributed by atoms with Crippen LogP contribution < -0.4 is 15.4 Å². The second-order valence-electron chi connectivity index (χ2n) is 10.4. The molecule has 7 rings (SSSR count). The van der Waals surface area contributed by atoms with Gasteiger partial charge in [0.05, 0.1) is 5.56 Å². The lowest BCUT2D eigenvalue weighted by molar-refractivity contribution is -0.147. The zero-order chi connectivity index (χ0) is 21.9. The van der Waals surface area contributed by atoms with Crippen LogP contribution in [0.2, 0.25) is 0 Å². The summed E-state index contributed by atoms with van der Waals surface area (Å²) < 4.78 is 6.40. The van der Waals surface area contributed by atoms with E-state index in [0.29, 0.717) is 23.6 Å². The average molecular weight is 438 g/mol. The predicted octanol–water partition coefficient (Wildman–Crippen LogP) is 2.46. The van der Waals surface area contributed by atoms with Crippen molar-refractivity contribution in [1.29, 1.82) is 0 Å². The second-order valence-corrected chi connectivity index (χ2v) is 10.4. The summed E-state index contributed by atoms with van der Waals surface area (Å²) in [6.07, 6.45) is 7.16. The van der Waals surface area contributed by atoms with E-state index in [1.807, 2.05) is 23.1 Å². The Morgan fingerprint density at radius 1 is 1.06 bits per heavy atom. The smallest absolute Gasteiger partial charge is 0.258 e. The third kappa shape index (κ3) is 3.37. The topological polar surface area (TPSA) is 87.7 Å². The molecule has 4 atom stereocenters. The first-order valence-electron chi connectivity index (χ1n) is 12.2.